The zero-order chi connectivity index (χ0) is 18.8. The Kier molecular flexibility index (Phi) is 4.58. The van der Waals surface area contributed by atoms with Gasteiger partial charge >= 0.3 is 5.69 Å². The summed E-state index contributed by atoms with van der Waals surface area (Å²) in [5.74, 6) is 1.18. The topological polar surface area (TPSA) is 74.5 Å². The van der Waals surface area contributed by atoms with Gasteiger partial charge in [0.25, 0.3) is 0 Å². The molecule has 0 radical (unpaired) electrons. The number of fused-ring (bicyclic) bond motifs is 2. The third-order valence-corrected chi connectivity index (χ3v) is 4.60. The van der Waals surface area contributed by atoms with E-state index in [-0.39, 0.29) is 24.9 Å². The van der Waals surface area contributed by atoms with Crippen LogP contribution in [0, 0.1) is 0 Å². The normalized spacial score (nSPS) is 12.5. The summed E-state index contributed by atoms with van der Waals surface area (Å²) >= 11 is 0. The third kappa shape index (κ3) is 3.28. The summed E-state index contributed by atoms with van der Waals surface area (Å²) in [4.78, 5) is 25.2. The number of amides is 1. The second-order valence-corrected chi connectivity index (χ2v) is 6.47. The molecule has 140 valence electrons. The summed E-state index contributed by atoms with van der Waals surface area (Å²) in [6.45, 7) is 3.22. The number of ether oxygens (including phenoxy) is 2. The maximum Gasteiger partial charge on any atom is 0.329 e. The van der Waals surface area contributed by atoms with Crippen molar-refractivity contribution in [3.63, 3.8) is 0 Å². The molecule has 0 saturated heterocycles. The van der Waals surface area contributed by atoms with Crippen molar-refractivity contribution in [2.24, 2.45) is 0 Å². The van der Waals surface area contributed by atoms with Gasteiger partial charge in [0, 0.05) is 13.1 Å². The molecule has 0 aliphatic carbocycles. The summed E-state index contributed by atoms with van der Waals surface area (Å²) in [6, 6.07) is 13.1. The lowest BCUT2D eigenvalue weighted by Crippen LogP contribution is -2.32. The first-order valence-electron chi connectivity index (χ1n) is 9.00. The van der Waals surface area contributed by atoms with Gasteiger partial charge in [0.1, 0.15) is 6.54 Å². The van der Waals surface area contributed by atoms with Gasteiger partial charge in [-0.05, 0) is 36.2 Å². The maximum absolute atomic E-state index is 12.7. The summed E-state index contributed by atoms with van der Waals surface area (Å²) in [5, 5.41) is 2.87. The van der Waals surface area contributed by atoms with E-state index < -0.39 is 0 Å². The predicted octanol–water partition coefficient (Wildman–Crippen LogP) is 2.26. The van der Waals surface area contributed by atoms with Crippen LogP contribution in [0.4, 0.5) is 0 Å². The summed E-state index contributed by atoms with van der Waals surface area (Å²) in [7, 11) is 0. The third-order valence-electron chi connectivity index (χ3n) is 4.60. The smallest absolute Gasteiger partial charge is 0.329 e. The van der Waals surface area contributed by atoms with E-state index in [4.69, 9.17) is 9.47 Å². The molecule has 2 aromatic carbocycles. The van der Waals surface area contributed by atoms with Crippen molar-refractivity contribution in [2.75, 3.05) is 6.79 Å². The first-order valence-corrected chi connectivity index (χ1v) is 9.00. The van der Waals surface area contributed by atoms with Crippen LogP contribution in [0.3, 0.4) is 0 Å². The quantitative estimate of drug-likeness (QED) is 0.725. The number of nitrogens with one attached hydrogen (secondary N) is 1. The van der Waals surface area contributed by atoms with Crippen LogP contribution in [0.5, 0.6) is 11.5 Å². The standard InChI is InChI=1S/C20H21N3O4/c1-2-9-22-15-5-3-4-6-16(15)23(20(22)25)12-19(24)21-11-14-7-8-17-18(10-14)27-13-26-17/h3-8,10H,2,9,11-13H2,1H3,(H,21,24). The Hall–Kier alpha value is -3.22. The number of para-hydroxylation sites is 2. The van der Waals surface area contributed by atoms with E-state index in [1.807, 2.05) is 49.4 Å². The largest absolute Gasteiger partial charge is 0.454 e. The highest BCUT2D eigenvalue weighted by Crippen LogP contribution is 2.32. The first kappa shape index (κ1) is 17.2. The minimum atomic E-state index is -0.214. The van der Waals surface area contributed by atoms with Crippen molar-refractivity contribution in [1.29, 1.82) is 0 Å². The molecule has 0 saturated carbocycles. The van der Waals surface area contributed by atoms with Crippen molar-refractivity contribution < 1.29 is 14.3 Å². The Morgan fingerprint density at radius 2 is 1.81 bits per heavy atom. The average Bonchev–Trinajstić information content (AvgIpc) is 3.25. The van der Waals surface area contributed by atoms with Gasteiger partial charge in [-0.3, -0.25) is 13.9 Å². The molecule has 1 N–H and O–H groups in total. The van der Waals surface area contributed by atoms with Gasteiger partial charge in [0.2, 0.25) is 12.7 Å². The fourth-order valence-electron chi connectivity index (χ4n) is 3.32. The highest BCUT2D eigenvalue weighted by molar-refractivity contribution is 5.81. The number of nitrogens with zero attached hydrogens (tertiary/aromatic N) is 2. The lowest BCUT2D eigenvalue weighted by molar-refractivity contribution is -0.121. The summed E-state index contributed by atoms with van der Waals surface area (Å²) < 4.78 is 13.9. The predicted molar refractivity (Wildman–Crippen MR) is 101 cm³/mol. The molecule has 0 atom stereocenters. The van der Waals surface area contributed by atoms with E-state index in [1.165, 1.54) is 4.57 Å². The van der Waals surface area contributed by atoms with Gasteiger partial charge in [-0.2, -0.15) is 0 Å². The molecule has 1 aromatic heterocycles. The average molecular weight is 367 g/mol. The van der Waals surface area contributed by atoms with E-state index in [0.29, 0.717) is 24.6 Å². The molecular formula is C20H21N3O4. The molecule has 7 nitrogen and oxygen atoms in total. The number of hydrogen-bond acceptors (Lipinski definition) is 4. The monoisotopic (exact) mass is 367 g/mol. The molecule has 7 heteroatoms. The summed E-state index contributed by atoms with van der Waals surface area (Å²) in [5.41, 5.74) is 2.38. The van der Waals surface area contributed by atoms with Crippen molar-refractivity contribution in [3.8, 4) is 11.5 Å². The Bertz CT molecular complexity index is 1050. The van der Waals surface area contributed by atoms with Crippen LogP contribution in [-0.4, -0.2) is 21.8 Å². The van der Waals surface area contributed by atoms with E-state index >= 15 is 0 Å². The molecule has 0 bridgehead atoms. The number of hydrogen-bond donors (Lipinski definition) is 1. The van der Waals surface area contributed by atoms with Gasteiger partial charge in [0.15, 0.2) is 11.5 Å². The van der Waals surface area contributed by atoms with Crippen molar-refractivity contribution in [3.05, 3.63) is 58.5 Å². The second kappa shape index (κ2) is 7.19. The van der Waals surface area contributed by atoms with Crippen LogP contribution in [0.2, 0.25) is 0 Å². The van der Waals surface area contributed by atoms with Crippen LogP contribution in [0.15, 0.2) is 47.3 Å². The van der Waals surface area contributed by atoms with E-state index in [2.05, 4.69) is 5.32 Å². The molecular weight excluding hydrogens is 346 g/mol. The minimum absolute atomic E-state index is 0.0133. The number of benzene rings is 2. The number of carbonyl (C=O) groups excluding carboxylic acids is 1. The Balaban J connectivity index is 1.50. The zero-order valence-electron chi connectivity index (χ0n) is 15.1. The Morgan fingerprint density at radius 3 is 2.59 bits per heavy atom. The molecule has 0 spiro atoms. The molecule has 0 unspecified atom stereocenters. The fraction of sp³-hybridized carbons (Fsp3) is 0.300. The molecule has 27 heavy (non-hydrogen) atoms. The highest BCUT2D eigenvalue weighted by atomic mass is 16.7. The second-order valence-electron chi connectivity index (χ2n) is 6.47. The number of imidazole rings is 1. The van der Waals surface area contributed by atoms with Crippen molar-refractivity contribution >= 4 is 16.9 Å². The first-order chi connectivity index (χ1) is 13.2. The van der Waals surface area contributed by atoms with Gasteiger partial charge in [-0.15, -0.1) is 0 Å². The molecule has 4 rings (SSSR count). The van der Waals surface area contributed by atoms with Crippen LogP contribution in [-0.2, 0) is 24.4 Å². The van der Waals surface area contributed by atoms with Gasteiger partial charge in [-0.25, -0.2) is 4.79 Å². The van der Waals surface area contributed by atoms with Gasteiger partial charge < -0.3 is 14.8 Å². The minimum Gasteiger partial charge on any atom is -0.454 e. The van der Waals surface area contributed by atoms with E-state index in [1.54, 1.807) is 4.57 Å². The molecule has 1 amide bonds. The lowest BCUT2D eigenvalue weighted by atomic mass is 10.2. The molecule has 0 fully saturated rings. The highest BCUT2D eigenvalue weighted by Gasteiger charge is 2.16. The SMILES string of the molecule is CCCn1c(=O)n(CC(=O)NCc2ccc3c(c2)OCO3)c2ccccc21. The number of rotatable bonds is 6. The van der Waals surface area contributed by atoms with Crippen LogP contribution in [0.1, 0.15) is 18.9 Å². The molecule has 3 aromatic rings. The molecule has 2 heterocycles. The van der Waals surface area contributed by atoms with E-state index in [0.717, 1.165) is 23.0 Å². The van der Waals surface area contributed by atoms with Crippen LogP contribution in [0.25, 0.3) is 11.0 Å². The van der Waals surface area contributed by atoms with Gasteiger partial charge in [0.05, 0.1) is 11.0 Å². The fourth-order valence-corrected chi connectivity index (χ4v) is 3.32. The molecule has 1 aliphatic heterocycles. The Labute approximate surface area is 156 Å². The van der Waals surface area contributed by atoms with Crippen molar-refractivity contribution in [1.82, 2.24) is 14.5 Å². The van der Waals surface area contributed by atoms with Crippen LogP contribution >= 0.6 is 0 Å². The maximum atomic E-state index is 12.7. The summed E-state index contributed by atoms with van der Waals surface area (Å²) in [6.07, 6.45) is 0.851. The number of aromatic nitrogens is 2. The van der Waals surface area contributed by atoms with Gasteiger partial charge in [-0.1, -0.05) is 25.1 Å². The van der Waals surface area contributed by atoms with Crippen LogP contribution < -0.4 is 20.5 Å². The Morgan fingerprint density at radius 1 is 1.07 bits per heavy atom. The van der Waals surface area contributed by atoms with Crippen molar-refractivity contribution in [2.45, 2.75) is 33.0 Å². The lowest BCUT2D eigenvalue weighted by Gasteiger charge is -2.07. The van der Waals surface area contributed by atoms with E-state index in [9.17, 15) is 9.59 Å². The zero-order valence-corrected chi connectivity index (χ0v) is 15.1. The number of aryl methyl sites for hydroxylation is 1. The molecule has 1 aliphatic rings. The number of carbonyl (C=O) groups is 1.